The summed E-state index contributed by atoms with van der Waals surface area (Å²) < 4.78 is 5.18. The highest BCUT2D eigenvalue weighted by Gasteiger charge is 2.40. The molecule has 1 rings (SSSR count). The van der Waals surface area contributed by atoms with Crippen LogP contribution in [-0.4, -0.2) is 40.3 Å². The fourth-order valence-electron chi connectivity index (χ4n) is 1.80. The third-order valence-corrected chi connectivity index (χ3v) is 2.58. The molecule has 2 atom stereocenters. The van der Waals surface area contributed by atoms with Crippen molar-refractivity contribution in [1.82, 2.24) is 4.90 Å². The van der Waals surface area contributed by atoms with Gasteiger partial charge in [-0.05, 0) is 33.1 Å². The third-order valence-electron chi connectivity index (χ3n) is 2.58. The van der Waals surface area contributed by atoms with E-state index in [2.05, 4.69) is 6.58 Å². The Morgan fingerprint density at radius 1 is 1.47 bits per heavy atom. The second-order valence-electron chi connectivity index (χ2n) is 5.22. The maximum atomic E-state index is 11.8. The van der Waals surface area contributed by atoms with Gasteiger partial charge in [0.15, 0.2) is 0 Å². The average Bonchev–Trinajstić information content (AvgIpc) is 2.58. The second-order valence-corrected chi connectivity index (χ2v) is 5.22. The Kier molecular flexibility index (Phi) is 3.80. The highest BCUT2D eigenvalue weighted by Crippen LogP contribution is 2.26. The zero-order chi connectivity index (χ0) is 13.2. The molecule has 0 aromatic carbocycles. The van der Waals surface area contributed by atoms with Crippen LogP contribution >= 0.6 is 0 Å². The van der Waals surface area contributed by atoms with Crippen molar-refractivity contribution in [2.24, 2.45) is 5.92 Å². The molecule has 0 aromatic rings. The maximum Gasteiger partial charge on any atom is 0.411 e. The van der Waals surface area contributed by atoms with Gasteiger partial charge in [0.1, 0.15) is 11.6 Å². The lowest BCUT2D eigenvalue weighted by Crippen LogP contribution is -2.43. The normalized spacial score (nSPS) is 24.5. The van der Waals surface area contributed by atoms with Crippen LogP contribution in [-0.2, 0) is 9.53 Å². The number of carboxylic acid groups (broad SMARTS) is 1. The summed E-state index contributed by atoms with van der Waals surface area (Å²) >= 11 is 0. The Labute approximate surface area is 101 Å². The first kappa shape index (κ1) is 13.5. The Hall–Kier alpha value is -1.52. The molecule has 5 heteroatoms. The number of hydrogen-bond donors (Lipinski definition) is 1. The van der Waals surface area contributed by atoms with Crippen LogP contribution in [0.2, 0.25) is 0 Å². The summed E-state index contributed by atoms with van der Waals surface area (Å²) in [6.07, 6.45) is 1.51. The van der Waals surface area contributed by atoms with Crippen LogP contribution in [0.15, 0.2) is 12.7 Å². The molecule has 0 spiro atoms. The molecule has 5 nitrogen and oxygen atoms in total. The van der Waals surface area contributed by atoms with E-state index in [4.69, 9.17) is 9.84 Å². The van der Waals surface area contributed by atoms with Crippen LogP contribution < -0.4 is 0 Å². The average molecular weight is 241 g/mol. The van der Waals surface area contributed by atoms with E-state index in [1.807, 2.05) is 0 Å². The van der Waals surface area contributed by atoms with Gasteiger partial charge in [0.2, 0.25) is 0 Å². The minimum atomic E-state index is -1.000. The van der Waals surface area contributed by atoms with E-state index in [9.17, 15) is 9.59 Å². The maximum absolute atomic E-state index is 11.8. The number of likely N-dealkylation sites (tertiary alicyclic amines) is 1. The summed E-state index contributed by atoms with van der Waals surface area (Å²) in [6.45, 7) is 9.24. The molecule has 0 aromatic heterocycles. The number of nitrogens with zero attached hydrogens (tertiary/aromatic N) is 1. The van der Waals surface area contributed by atoms with Gasteiger partial charge in [0.25, 0.3) is 0 Å². The molecular weight excluding hydrogens is 222 g/mol. The topological polar surface area (TPSA) is 66.8 Å². The Balaban J connectivity index is 2.77. The Bertz CT molecular complexity index is 332. The zero-order valence-corrected chi connectivity index (χ0v) is 10.5. The van der Waals surface area contributed by atoms with Crippen molar-refractivity contribution in [3.05, 3.63) is 12.7 Å². The molecule has 1 N–H and O–H groups in total. The Morgan fingerprint density at radius 3 is 2.47 bits per heavy atom. The molecule has 17 heavy (non-hydrogen) atoms. The smallest absolute Gasteiger partial charge is 0.411 e. The molecule has 0 saturated carbocycles. The van der Waals surface area contributed by atoms with Crippen LogP contribution in [0, 0.1) is 5.92 Å². The number of hydrogen-bond acceptors (Lipinski definition) is 3. The van der Waals surface area contributed by atoms with Crippen LogP contribution in [0.25, 0.3) is 0 Å². The van der Waals surface area contributed by atoms with E-state index in [-0.39, 0.29) is 5.92 Å². The summed E-state index contributed by atoms with van der Waals surface area (Å²) in [5.41, 5.74) is -0.619. The van der Waals surface area contributed by atoms with Gasteiger partial charge in [-0.25, -0.2) is 9.59 Å². The summed E-state index contributed by atoms with van der Waals surface area (Å²) in [7, 11) is 0. The van der Waals surface area contributed by atoms with Crippen molar-refractivity contribution in [1.29, 1.82) is 0 Å². The summed E-state index contributed by atoms with van der Waals surface area (Å²) in [5.74, 6) is -0.983. The predicted octanol–water partition coefficient (Wildman–Crippen LogP) is 1.88. The fourth-order valence-corrected chi connectivity index (χ4v) is 1.80. The van der Waals surface area contributed by atoms with E-state index < -0.39 is 23.7 Å². The van der Waals surface area contributed by atoms with Gasteiger partial charge in [-0.3, -0.25) is 4.90 Å². The molecule has 0 bridgehead atoms. The quantitative estimate of drug-likeness (QED) is 0.749. The molecular formula is C12H19NO4. The third kappa shape index (κ3) is 3.47. The standard InChI is InChI=1S/C12H19NO4/c1-5-8-6-9(10(14)15)13(7-8)11(16)17-12(2,3)4/h5,8-9H,1,6-7H2,2-4H3,(H,14,15)/t8-,9+/m1/s1. The lowest BCUT2D eigenvalue weighted by atomic mass is 10.1. The molecule has 1 heterocycles. The molecule has 1 aliphatic heterocycles. The van der Waals surface area contributed by atoms with Gasteiger partial charge in [-0.2, -0.15) is 0 Å². The van der Waals surface area contributed by atoms with Crippen molar-refractivity contribution in [3.63, 3.8) is 0 Å². The van der Waals surface area contributed by atoms with E-state index in [1.54, 1.807) is 26.8 Å². The highest BCUT2D eigenvalue weighted by atomic mass is 16.6. The monoisotopic (exact) mass is 241 g/mol. The van der Waals surface area contributed by atoms with Crippen LogP contribution in [0.1, 0.15) is 27.2 Å². The minimum absolute atomic E-state index is 0.0172. The molecule has 0 radical (unpaired) electrons. The molecule has 1 fully saturated rings. The lowest BCUT2D eigenvalue weighted by molar-refractivity contribution is -0.142. The number of ether oxygens (including phenoxy) is 1. The summed E-state index contributed by atoms with van der Waals surface area (Å²) in [6, 6.07) is -0.812. The fraction of sp³-hybridized carbons (Fsp3) is 0.667. The number of amides is 1. The van der Waals surface area contributed by atoms with Crippen LogP contribution in [0.5, 0.6) is 0 Å². The van der Waals surface area contributed by atoms with Gasteiger partial charge in [0, 0.05) is 6.54 Å². The highest BCUT2D eigenvalue weighted by molar-refractivity contribution is 5.81. The minimum Gasteiger partial charge on any atom is -0.480 e. The van der Waals surface area contributed by atoms with E-state index in [0.29, 0.717) is 13.0 Å². The number of carbonyl (C=O) groups excluding carboxylic acids is 1. The van der Waals surface area contributed by atoms with Crippen molar-refractivity contribution in [3.8, 4) is 0 Å². The number of rotatable bonds is 2. The number of carboxylic acids is 1. The first-order valence-corrected chi connectivity index (χ1v) is 5.59. The van der Waals surface area contributed by atoms with Crippen LogP contribution in [0.3, 0.4) is 0 Å². The molecule has 0 aliphatic carbocycles. The molecule has 1 saturated heterocycles. The van der Waals surface area contributed by atoms with Gasteiger partial charge in [-0.15, -0.1) is 6.58 Å². The second kappa shape index (κ2) is 4.77. The predicted molar refractivity (Wildman–Crippen MR) is 62.7 cm³/mol. The van der Waals surface area contributed by atoms with Crippen molar-refractivity contribution < 1.29 is 19.4 Å². The van der Waals surface area contributed by atoms with Gasteiger partial charge >= 0.3 is 12.1 Å². The number of aliphatic carboxylic acids is 1. The van der Waals surface area contributed by atoms with Gasteiger partial charge < -0.3 is 9.84 Å². The summed E-state index contributed by atoms with van der Waals surface area (Å²) in [4.78, 5) is 24.2. The molecule has 1 aliphatic rings. The Morgan fingerprint density at radius 2 is 2.06 bits per heavy atom. The van der Waals surface area contributed by atoms with Gasteiger partial charge in [-0.1, -0.05) is 6.08 Å². The van der Waals surface area contributed by atoms with E-state index in [0.717, 1.165) is 0 Å². The molecule has 96 valence electrons. The number of carbonyl (C=O) groups is 2. The van der Waals surface area contributed by atoms with E-state index in [1.165, 1.54) is 4.90 Å². The summed E-state index contributed by atoms with van der Waals surface area (Å²) in [5, 5.41) is 9.06. The SMILES string of the molecule is C=C[C@@H]1C[C@@H](C(=O)O)N(C(=O)OC(C)(C)C)C1. The zero-order valence-electron chi connectivity index (χ0n) is 10.5. The van der Waals surface area contributed by atoms with Crippen molar-refractivity contribution >= 4 is 12.1 Å². The van der Waals surface area contributed by atoms with Gasteiger partial charge in [0.05, 0.1) is 0 Å². The first-order valence-electron chi connectivity index (χ1n) is 5.59. The van der Waals surface area contributed by atoms with Crippen LogP contribution in [0.4, 0.5) is 4.79 Å². The largest absolute Gasteiger partial charge is 0.480 e. The molecule has 1 amide bonds. The molecule has 0 unspecified atom stereocenters. The van der Waals surface area contributed by atoms with Crippen molar-refractivity contribution in [2.45, 2.75) is 38.8 Å². The first-order chi connectivity index (χ1) is 7.74. The van der Waals surface area contributed by atoms with E-state index >= 15 is 0 Å². The lowest BCUT2D eigenvalue weighted by Gasteiger charge is -2.26. The van der Waals surface area contributed by atoms with Crippen molar-refractivity contribution in [2.75, 3.05) is 6.54 Å².